The van der Waals surface area contributed by atoms with Crippen molar-refractivity contribution < 1.29 is 18.7 Å². The lowest BCUT2D eigenvalue weighted by molar-refractivity contribution is -0.125. The Kier molecular flexibility index (Phi) is 3.39. The number of halogens is 1. The Balaban J connectivity index is 1.78. The van der Waals surface area contributed by atoms with E-state index in [9.17, 15) is 14.0 Å². The molecule has 0 fully saturated rings. The van der Waals surface area contributed by atoms with Gasteiger partial charge in [-0.25, -0.2) is 9.18 Å². The zero-order valence-corrected chi connectivity index (χ0v) is 11.0. The molecule has 2 aromatic rings. The van der Waals surface area contributed by atoms with Crippen molar-refractivity contribution in [3.05, 3.63) is 65.5 Å². The summed E-state index contributed by atoms with van der Waals surface area (Å²) in [6.07, 6.45) is -0.672. The normalized spacial score (nSPS) is 16.8. The number of nitrogens with one attached hydrogen (secondary N) is 1. The maximum absolute atomic E-state index is 13.5. The van der Waals surface area contributed by atoms with Gasteiger partial charge in [0.1, 0.15) is 5.82 Å². The van der Waals surface area contributed by atoms with E-state index in [2.05, 4.69) is 5.32 Å². The summed E-state index contributed by atoms with van der Waals surface area (Å²) in [5.74, 6) is -1.61. The average molecular weight is 285 g/mol. The Hall–Kier alpha value is -2.69. The van der Waals surface area contributed by atoms with Crippen molar-refractivity contribution in [2.45, 2.75) is 12.5 Å². The molecule has 0 aliphatic carbocycles. The van der Waals surface area contributed by atoms with Crippen molar-refractivity contribution in [2.75, 3.05) is 5.32 Å². The Morgan fingerprint density at radius 1 is 1.14 bits per heavy atom. The number of carbonyl (C=O) groups excluding carboxylic acids is 2. The van der Waals surface area contributed by atoms with Gasteiger partial charge in [0.25, 0.3) is 5.91 Å². The van der Waals surface area contributed by atoms with Crippen molar-refractivity contribution in [1.29, 1.82) is 0 Å². The molecule has 4 nitrogen and oxygen atoms in total. The van der Waals surface area contributed by atoms with Crippen LogP contribution in [0.4, 0.5) is 10.1 Å². The van der Waals surface area contributed by atoms with Crippen molar-refractivity contribution in [1.82, 2.24) is 0 Å². The molecule has 1 aliphatic rings. The van der Waals surface area contributed by atoms with Crippen LogP contribution in [0.15, 0.2) is 48.5 Å². The van der Waals surface area contributed by atoms with E-state index in [1.165, 1.54) is 18.2 Å². The first-order valence-corrected chi connectivity index (χ1v) is 6.49. The number of hydrogen-bond acceptors (Lipinski definition) is 3. The number of anilines is 1. The van der Waals surface area contributed by atoms with Gasteiger partial charge >= 0.3 is 5.97 Å². The fourth-order valence-corrected chi connectivity index (χ4v) is 2.25. The molecule has 0 radical (unpaired) electrons. The van der Waals surface area contributed by atoms with Gasteiger partial charge in [0.15, 0.2) is 6.10 Å². The second-order valence-electron chi connectivity index (χ2n) is 4.72. The highest BCUT2D eigenvalue weighted by Crippen LogP contribution is 2.22. The Labute approximate surface area is 120 Å². The SMILES string of the molecule is O=C1O[C@H](C(=O)Nc2ccccc2F)Cc2ccccc21. The number of benzene rings is 2. The Morgan fingerprint density at radius 3 is 2.67 bits per heavy atom. The molecule has 0 aromatic heterocycles. The third kappa shape index (κ3) is 2.63. The van der Waals surface area contributed by atoms with Gasteiger partial charge in [-0.2, -0.15) is 0 Å². The molecule has 2 aromatic carbocycles. The quantitative estimate of drug-likeness (QED) is 0.863. The highest BCUT2D eigenvalue weighted by atomic mass is 19.1. The molecule has 1 amide bonds. The van der Waals surface area contributed by atoms with Crippen LogP contribution < -0.4 is 5.32 Å². The smallest absolute Gasteiger partial charge is 0.339 e. The fraction of sp³-hybridized carbons (Fsp3) is 0.125. The number of fused-ring (bicyclic) bond motifs is 1. The van der Waals surface area contributed by atoms with Crippen molar-refractivity contribution >= 4 is 17.6 Å². The lowest BCUT2D eigenvalue weighted by Crippen LogP contribution is -2.38. The van der Waals surface area contributed by atoms with Gasteiger partial charge in [-0.15, -0.1) is 0 Å². The van der Waals surface area contributed by atoms with E-state index in [1.54, 1.807) is 30.3 Å². The van der Waals surface area contributed by atoms with Crippen molar-refractivity contribution in [2.24, 2.45) is 0 Å². The zero-order valence-electron chi connectivity index (χ0n) is 11.0. The lowest BCUT2D eigenvalue weighted by Gasteiger charge is -2.23. The first-order valence-electron chi connectivity index (χ1n) is 6.49. The summed E-state index contributed by atoms with van der Waals surface area (Å²) in [4.78, 5) is 24.0. The van der Waals surface area contributed by atoms with E-state index < -0.39 is 23.8 Å². The number of ether oxygens (including phenoxy) is 1. The summed E-state index contributed by atoms with van der Waals surface area (Å²) in [5.41, 5.74) is 1.28. The van der Waals surface area contributed by atoms with Crippen LogP contribution >= 0.6 is 0 Å². The highest BCUT2D eigenvalue weighted by Gasteiger charge is 2.31. The third-order valence-corrected chi connectivity index (χ3v) is 3.32. The molecule has 1 atom stereocenters. The predicted molar refractivity (Wildman–Crippen MR) is 74.4 cm³/mol. The molecule has 0 saturated carbocycles. The fourth-order valence-electron chi connectivity index (χ4n) is 2.25. The van der Waals surface area contributed by atoms with Crippen molar-refractivity contribution in [3.63, 3.8) is 0 Å². The second kappa shape index (κ2) is 5.36. The predicted octanol–water partition coefficient (Wildman–Crippen LogP) is 2.55. The van der Waals surface area contributed by atoms with Gasteiger partial charge in [0, 0.05) is 6.42 Å². The molecule has 0 spiro atoms. The van der Waals surface area contributed by atoms with Gasteiger partial charge < -0.3 is 10.1 Å². The van der Waals surface area contributed by atoms with Gasteiger partial charge in [-0.3, -0.25) is 4.79 Å². The summed E-state index contributed by atoms with van der Waals surface area (Å²) >= 11 is 0. The van der Waals surface area contributed by atoms with Gasteiger partial charge in [-0.1, -0.05) is 30.3 Å². The van der Waals surface area contributed by atoms with E-state index in [1.807, 2.05) is 0 Å². The summed E-state index contributed by atoms with van der Waals surface area (Å²) < 4.78 is 18.6. The van der Waals surface area contributed by atoms with Crippen molar-refractivity contribution in [3.8, 4) is 0 Å². The van der Waals surface area contributed by atoms with Gasteiger partial charge in [0.05, 0.1) is 11.3 Å². The number of rotatable bonds is 2. The first kappa shape index (κ1) is 13.3. The summed E-state index contributed by atoms with van der Waals surface area (Å²) in [6.45, 7) is 0. The standard InChI is InChI=1S/C16H12FNO3/c17-12-7-3-4-8-13(12)18-15(19)14-9-10-5-1-2-6-11(10)16(20)21-14/h1-8,14H,9H2,(H,18,19)/t14-/m0/s1. The molecule has 5 heteroatoms. The summed E-state index contributed by atoms with van der Waals surface area (Å²) in [7, 11) is 0. The van der Waals surface area contributed by atoms with E-state index in [0.29, 0.717) is 5.56 Å². The van der Waals surface area contributed by atoms with Gasteiger partial charge in [0.2, 0.25) is 0 Å². The number of cyclic esters (lactones) is 1. The minimum atomic E-state index is -0.952. The molecule has 1 heterocycles. The zero-order chi connectivity index (χ0) is 14.8. The minimum absolute atomic E-state index is 0.0670. The van der Waals surface area contributed by atoms with Crippen LogP contribution in [-0.4, -0.2) is 18.0 Å². The van der Waals surface area contributed by atoms with Crippen LogP contribution in [0.2, 0.25) is 0 Å². The van der Waals surface area contributed by atoms with E-state index in [4.69, 9.17) is 4.74 Å². The largest absolute Gasteiger partial charge is 0.448 e. The van der Waals surface area contributed by atoms with E-state index in [-0.39, 0.29) is 12.1 Å². The van der Waals surface area contributed by atoms with Crippen LogP contribution in [0.1, 0.15) is 15.9 Å². The Morgan fingerprint density at radius 2 is 1.86 bits per heavy atom. The summed E-state index contributed by atoms with van der Waals surface area (Å²) in [6, 6.07) is 12.8. The lowest BCUT2D eigenvalue weighted by atomic mass is 9.98. The molecule has 0 saturated heterocycles. The highest BCUT2D eigenvalue weighted by molar-refractivity contribution is 6.00. The average Bonchev–Trinajstić information content (AvgIpc) is 2.49. The third-order valence-electron chi connectivity index (χ3n) is 3.32. The molecule has 1 N–H and O–H groups in total. The Bertz CT molecular complexity index is 714. The second-order valence-corrected chi connectivity index (χ2v) is 4.72. The molecule has 106 valence electrons. The molecule has 1 aliphatic heterocycles. The van der Waals surface area contributed by atoms with Crippen LogP contribution in [-0.2, 0) is 16.0 Å². The van der Waals surface area contributed by atoms with Crippen LogP contribution in [0.3, 0.4) is 0 Å². The van der Waals surface area contributed by atoms with Crippen LogP contribution in [0.25, 0.3) is 0 Å². The molecule has 21 heavy (non-hydrogen) atoms. The maximum atomic E-state index is 13.5. The number of hydrogen-bond donors (Lipinski definition) is 1. The maximum Gasteiger partial charge on any atom is 0.339 e. The number of amides is 1. The summed E-state index contributed by atoms with van der Waals surface area (Å²) in [5, 5.41) is 2.44. The molecular formula is C16H12FNO3. The van der Waals surface area contributed by atoms with E-state index in [0.717, 1.165) is 5.56 Å². The molecule has 3 rings (SSSR count). The van der Waals surface area contributed by atoms with E-state index >= 15 is 0 Å². The minimum Gasteiger partial charge on any atom is -0.448 e. The molecule has 0 unspecified atom stereocenters. The number of esters is 1. The molecular weight excluding hydrogens is 273 g/mol. The van der Waals surface area contributed by atoms with Gasteiger partial charge in [-0.05, 0) is 23.8 Å². The first-order chi connectivity index (χ1) is 10.1. The molecule has 0 bridgehead atoms. The number of para-hydroxylation sites is 1. The topological polar surface area (TPSA) is 55.4 Å². The number of carbonyl (C=O) groups is 2. The van der Waals surface area contributed by atoms with Crippen LogP contribution in [0.5, 0.6) is 0 Å². The van der Waals surface area contributed by atoms with Crippen LogP contribution in [0, 0.1) is 5.82 Å². The monoisotopic (exact) mass is 285 g/mol.